The van der Waals surface area contributed by atoms with Gasteiger partial charge in [-0.05, 0) is 31.8 Å². The van der Waals surface area contributed by atoms with E-state index in [1.165, 1.54) is 0 Å². The van der Waals surface area contributed by atoms with E-state index >= 15 is 0 Å². The molecular formula is C16H18F3N3O2S. The molecule has 0 aliphatic heterocycles. The third-order valence-electron chi connectivity index (χ3n) is 3.62. The van der Waals surface area contributed by atoms with E-state index < -0.39 is 22.7 Å². The maximum Gasteiger partial charge on any atom is 0.434 e. The molecule has 1 aromatic heterocycles. The molecule has 1 aromatic carbocycles. The molecule has 136 valence electrons. The van der Waals surface area contributed by atoms with Gasteiger partial charge in [0.25, 0.3) is 5.91 Å². The van der Waals surface area contributed by atoms with Crippen molar-refractivity contribution in [3.05, 3.63) is 45.9 Å². The number of ether oxygens (including phenoxy) is 1. The molecule has 0 aliphatic carbocycles. The molecule has 9 heteroatoms. The van der Waals surface area contributed by atoms with E-state index in [0.717, 1.165) is 11.1 Å². The third-order valence-corrected chi connectivity index (χ3v) is 4.45. The molecule has 0 saturated carbocycles. The molecule has 1 atom stereocenters. The number of rotatable bonds is 6. The largest absolute Gasteiger partial charge is 0.497 e. The Hall–Kier alpha value is -2.13. The van der Waals surface area contributed by atoms with Gasteiger partial charge >= 0.3 is 6.18 Å². The van der Waals surface area contributed by atoms with Gasteiger partial charge in [-0.15, -0.1) is 11.3 Å². The number of nitrogens with zero attached hydrogens (tertiary/aromatic N) is 2. The number of nitrogens with one attached hydrogen (secondary N) is 1. The van der Waals surface area contributed by atoms with Crippen LogP contribution in [-0.2, 0) is 6.18 Å². The minimum absolute atomic E-state index is 0.160. The summed E-state index contributed by atoms with van der Waals surface area (Å²) in [6.07, 6.45) is -4.65. The van der Waals surface area contributed by atoms with Gasteiger partial charge in [-0.1, -0.05) is 12.1 Å². The third kappa shape index (κ3) is 4.70. The van der Waals surface area contributed by atoms with Crippen LogP contribution in [0, 0.1) is 0 Å². The molecular weight excluding hydrogens is 355 g/mol. The molecule has 0 aliphatic rings. The summed E-state index contributed by atoms with van der Waals surface area (Å²) in [6, 6.07) is 7.08. The van der Waals surface area contributed by atoms with Crippen molar-refractivity contribution in [1.29, 1.82) is 0 Å². The van der Waals surface area contributed by atoms with Crippen molar-refractivity contribution >= 4 is 17.2 Å². The summed E-state index contributed by atoms with van der Waals surface area (Å²) in [7, 11) is 5.22. The minimum Gasteiger partial charge on any atom is -0.497 e. The van der Waals surface area contributed by atoms with Gasteiger partial charge < -0.3 is 15.0 Å². The normalized spacial score (nSPS) is 12.9. The van der Waals surface area contributed by atoms with Gasteiger partial charge in [-0.2, -0.15) is 13.2 Å². The topological polar surface area (TPSA) is 54.5 Å². The highest BCUT2D eigenvalue weighted by Gasteiger charge is 2.38. The first-order chi connectivity index (χ1) is 11.7. The Labute approximate surface area is 147 Å². The van der Waals surface area contributed by atoms with Crippen LogP contribution in [0.25, 0.3) is 0 Å². The lowest BCUT2D eigenvalue weighted by Gasteiger charge is -2.25. The number of hydrogen-bond donors (Lipinski definition) is 1. The van der Waals surface area contributed by atoms with Gasteiger partial charge in [-0.3, -0.25) is 4.79 Å². The molecule has 0 bridgehead atoms. The van der Waals surface area contributed by atoms with Crippen LogP contribution in [0.3, 0.4) is 0 Å². The van der Waals surface area contributed by atoms with Crippen molar-refractivity contribution in [3.8, 4) is 5.75 Å². The van der Waals surface area contributed by atoms with E-state index in [0.29, 0.717) is 17.1 Å². The smallest absolute Gasteiger partial charge is 0.434 e. The zero-order valence-electron chi connectivity index (χ0n) is 13.9. The number of benzene rings is 1. The summed E-state index contributed by atoms with van der Waals surface area (Å²) in [5.74, 6) is -0.0834. The molecule has 1 amide bonds. The number of carbonyl (C=O) groups is 1. The first kappa shape index (κ1) is 19.2. The Bertz CT molecular complexity index is 714. The van der Waals surface area contributed by atoms with Crippen molar-refractivity contribution in [2.75, 3.05) is 27.7 Å². The summed E-state index contributed by atoms with van der Waals surface area (Å²) < 4.78 is 43.7. The number of halogens is 3. The summed E-state index contributed by atoms with van der Waals surface area (Å²) in [4.78, 5) is 16.9. The number of carbonyl (C=O) groups excluding carboxylic acids is 1. The second-order valence-corrected chi connectivity index (χ2v) is 6.35. The minimum atomic E-state index is -4.65. The fraction of sp³-hybridized carbons (Fsp3) is 0.375. The number of thiazole rings is 1. The van der Waals surface area contributed by atoms with Crippen molar-refractivity contribution in [1.82, 2.24) is 15.2 Å². The predicted molar refractivity (Wildman–Crippen MR) is 88.9 cm³/mol. The van der Waals surface area contributed by atoms with Crippen LogP contribution in [0.1, 0.15) is 27.0 Å². The molecule has 25 heavy (non-hydrogen) atoms. The maximum atomic E-state index is 12.8. The van der Waals surface area contributed by atoms with E-state index in [9.17, 15) is 18.0 Å². The lowest BCUT2D eigenvalue weighted by molar-refractivity contribution is -0.141. The monoisotopic (exact) mass is 373 g/mol. The molecule has 0 fully saturated rings. The second kappa shape index (κ2) is 7.83. The molecule has 0 radical (unpaired) electrons. The fourth-order valence-corrected chi connectivity index (χ4v) is 3.03. The van der Waals surface area contributed by atoms with Gasteiger partial charge in [-0.25, -0.2) is 4.98 Å². The van der Waals surface area contributed by atoms with Crippen LogP contribution >= 0.6 is 11.3 Å². The first-order valence-electron chi connectivity index (χ1n) is 7.33. The average Bonchev–Trinajstić information content (AvgIpc) is 3.05. The fourth-order valence-electron chi connectivity index (χ4n) is 2.30. The van der Waals surface area contributed by atoms with Crippen LogP contribution in [0.2, 0.25) is 0 Å². The number of alkyl halides is 3. The number of likely N-dealkylation sites (N-methyl/N-ethyl adjacent to an activating group) is 1. The van der Waals surface area contributed by atoms with Crippen LogP contribution in [0.5, 0.6) is 5.75 Å². The average molecular weight is 373 g/mol. The van der Waals surface area contributed by atoms with Crippen LogP contribution < -0.4 is 10.1 Å². The van der Waals surface area contributed by atoms with Gasteiger partial charge in [0.1, 0.15) is 10.6 Å². The Balaban J connectivity index is 2.11. The summed E-state index contributed by atoms with van der Waals surface area (Å²) >= 11 is 0.672. The van der Waals surface area contributed by atoms with E-state index in [-0.39, 0.29) is 12.6 Å². The van der Waals surface area contributed by atoms with Crippen molar-refractivity contribution < 1.29 is 22.7 Å². The highest BCUT2D eigenvalue weighted by Crippen LogP contribution is 2.32. The zero-order chi connectivity index (χ0) is 18.6. The van der Waals surface area contributed by atoms with E-state index in [1.54, 1.807) is 19.2 Å². The molecule has 1 N–H and O–H groups in total. The molecule has 1 unspecified atom stereocenters. The lowest BCUT2D eigenvalue weighted by atomic mass is 10.1. The molecule has 2 aromatic rings. The highest BCUT2D eigenvalue weighted by atomic mass is 32.1. The summed E-state index contributed by atoms with van der Waals surface area (Å²) in [5.41, 5.74) is 0.775. The van der Waals surface area contributed by atoms with Gasteiger partial charge in [0.05, 0.1) is 18.7 Å². The first-order valence-corrected chi connectivity index (χ1v) is 8.21. The molecule has 1 heterocycles. The standard InChI is InChI=1S/C16H18F3N3O2S/c1-22(2)12(10-4-6-11(24-3)7-5-10)8-20-15(23)13-14(16(17,18)19)21-9-25-13/h4-7,9,12H,8H2,1-3H3,(H,20,23). The number of amides is 1. The number of aromatic nitrogens is 1. The van der Waals surface area contributed by atoms with Crippen molar-refractivity contribution in [2.24, 2.45) is 0 Å². The van der Waals surface area contributed by atoms with Gasteiger partial charge in [0.15, 0.2) is 5.69 Å². The summed E-state index contributed by atoms with van der Waals surface area (Å²) in [6.45, 7) is 0.160. The van der Waals surface area contributed by atoms with Crippen LogP contribution in [0.15, 0.2) is 29.8 Å². The van der Waals surface area contributed by atoms with E-state index in [4.69, 9.17) is 4.74 Å². The highest BCUT2D eigenvalue weighted by molar-refractivity contribution is 7.11. The quantitative estimate of drug-likeness (QED) is 0.845. The van der Waals surface area contributed by atoms with Crippen molar-refractivity contribution in [3.63, 3.8) is 0 Å². The van der Waals surface area contributed by atoms with Gasteiger partial charge in [0, 0.05) is 6.54 Å². The lowest BCUT2D eigenvalue weighted by Crippen LogP contribution is -2.35. The van der Waals surface area contributed by atoms with Crippen LogP contribution in [-0.4, -0.2) is 43.5 Å². The molecule has 5 nitrogen and oxygen atoms in total. The zero-order valence-corrected chi connectivity index (χ0v) is 14.7. The second-order valence-electron chi connectivity index (χ2n) is 5.49. The molecule has 0 spiro atoms. The Morgan fingerprint density at radius 1 is 1.32 bits per heavy atom. The Kier molecular flexibility index (Phi) is 6.02. The predicted octanol–water partition coefficient (Wildman–Crippen LogP) is 3.20. The molecule has 0 saturated heterocycles. The SMILES string of the molecule is COc1ccc(C(CNC(=O)c2scnc2C(F)(F)F)N(C)C)cc1. The van der Waals surface area contributed by atoms with Crippen molar-refractivity contribution in [2.45, 2.75) is 12.2 Å². The van der Waals surface area contributed by atoms with E-state index in [1.807, 2.05) is 31.1 Å². The maximum absolute atomic E-state index is 12.8. The van der Waals surface area contributed by atoms with Gasteiger partial charge in [0.2, 0.25) is 0 Å². The van der Waals surface area contributed by atoms with Crippen LogP contribution in [0.4, 0.5) is 13.2 Å². The Morgan fingerprint density at radius 2 is 1.96 bits per heavy atom. The number of methoxy groups -OCH3 is 1. The number of hydrogen-bond acceptors (Lipinski definition) is 5. The molecule has 2 rings (SSSR count). The van der Waals surface area contributed by atoms with E-state index in [2.05, 4.69) is 10.3 Å². The Morgan fingerprint density at radius 3 is 2.48 bits per heavy atom. The summed E-state index contributed by atoms with van der Waals surface area (Å²) in [5, 5.41) is 2.56.